The van der Waals surface area contributed by atoms with Gasteiger partial charge in [0.2, 0.25) is 0 Å². The third-order valence-electron chi connectivity index (χ3n) is 3.29. The van der Waals surface area contributed by atoms with Gasteiger partial charge < -0.3 is 14.7 Å². The van der Waals surface area contributed by atoms with Gasteiger partial charge in [-0.2, -0.15) is 0 Å². The Kier molecular flexibility index (Phi) is 5.36. The Morgan fingerprint density at radius 2 is 2.06 bits per heavy atom. The van der Waals surface area contributed by atoms with Crippen molar-refractivity contribution in [2.75, 3.05) is 33.9 Å². The van der Waals surface area contributed by atoms with Crippen LogP contribution in [-0.2, 0) is 9.53 Å². The van der Waals surface area contributed by atoms with E-state index in [9.17, 15) is 9.90 Å². The van der Waals surface area contributed by atoms with Crippen LogP contribution in [0.25, 0.3) is 0 Å². The van der Waals surface area contributed by atoms with Gasteiger partial charge >= 0.3 is 5.97 Å². The van der Waals surface area contributed by atoms with Crippen LogP contribution < -0.4 is 5.32 Å². The average Bonchev–Trinajstić information content (AvgIpc) is 2.27. The molecule has 2 N–H and O–H groups in total. The normalized spacial score (nSPS) is 21.4. The lowest BCUT2D eigenvalue weighted by molar-refractivity contribution is -0.149. The van der Waals surface area contributed by atoms with Gasteiger partial charge in [-0.25, -0.2) is 0 Å². The van der Waals surface area contributed by atoms with Crippen LogP contribution in [0.5, 0.6) is 0 Å². The molecular weight excluding hydrogens is 220 g/mol. The Balaban J connectivity index is 2.51. The molecule has 5 heteroatoms. The van der Waals surface area contributed by atoms with E-state index in [1.165, 1.54) is 0 Å². The highest BCUT2D eigenvalue weighted by Gasteiger charge is 2.40. The van der Waals surface area contributed by atoms with E-state index in [0.717, 1.165) is 13.0 Å². The molecule has 0 aromatic carbocycles. The molecule has 1 heterocycles. The minimum absolute atomic E-state index is 0.201. The van der Waals surface area contributed by atoms with E-state index >= 15 is 0 Å². The lowest BCUT2D eigenvalue weighted by Gasteiger charge is -2.36. The first-order valence-electron chi connectivity index (χ1n) is 6.20. The van der Waals surface area contributed by atoms with Gasteiger partial charge in [0.15, 0.2) is 0 Å². The summed E-state index contributed by atoms with van der Waals surface area (Å²) in [6.07, 6.45) is 2.05. The molecule has 5 nitrogen and oxygen atoms in total. The summed E-state index contributed by atoms with van der Waals surface area (Å²) >= 11 is 0. The number of hydrogen-bond acceptors (Lipinski definition) is 4. The van der Waals surface area contributed by atoms with E-state index in [-0.39, 0.29) is 6.04 Å². The van der Waals surface area contributed by atoms with Gasteiger partial charge in [0.1, 0.15) is 5.54 Å². The molecular formula is C12H24N2O3. The molecule has 1 unspecified atom stereocenters. The summed E-state index contributed by atoms with van der Waals surface area (Å²) in [6, 6.07) is 0.201. The molecule has 0 aromatic heterocycles. The van der Waals surface area contributed by atoms with Crippen molar-refractivity contribution in [3.05, 3.63) is 0 Å². The highest BCUT2D eigenvalue weighted by atomic mass is 16.5. The Morgan fingerprint density at radius 3 is 2.53 bits per heavy atom. The molecule has 0 amide bonds. The Labute approximate surface area is 103 Å². The number of carboxylic acids is 1. The summed E-state index contributed by atoms with van der Waals surface area (Å²) < 4.78 is 5.24. The molecule has 1 aliphatic heterocycles. The summed E-state index contributed by atoms with van der Waals surface area (Å²) in [5.41, 5.74) is -0.788. The van der Waals surface area contributed by atoms with Crippen molar-refractivity contribution in [1.29, 1.82) is 0 Å². The standard InChI is InChI=1S/C12H24N2O3/c1-10(4-7-14(2)3)13-12(11(15)16)5-8-17-9-6-12/h10,13H,4-9H2,1-3H3,(H,15,16). The second-order valence-corrected chi connectivity index (χ2v) is 5.14. The maximum Gasteiger partial charge on any atom is 0.324 e. The van der Waals surface area contributed by atoms with Crippen LogP contribution in [0.4, 0.5) is 0 Å². The van der Waals surface area contributed by atoms with E-state index in [1.807, 2.05) is 21.0 Å². The number of rotatable bonds is 6. The van der Waals surface area contributed by atoms with Crippen molar-refractivity contribution in [3.8, 4) is 0 Å². The SMILES string of the molecule is CC(CCN(C)C)NC1(C(=O)O)CCOCC1. The lowest BCUT2D eigenvalue weighted by Crippen LogP contribution is -2.58. The van der Waals surface area contributed by atoms with Crippen molar-refractivity contribution in [1.82, 2.24) is 10.2 Å². The summed E-state index contributed by atoms with van der Waals surface area (Å²) in [5.74, 6) is -0.752. The van der Waals surface area contributed by atoms with Crippen molar-refractivity contribution in [3.63, 3.8) is 0 Å². The highest BCUT2D eigenvalue weighted by Crippen LogP contribution is 2.22. The average molecular weight is 244 g/mol. The minimum Gasteiger partial charge on any atom is -0.480 e. The van der Waals surface area contributed by atoms with Crippen molar-refractivity contribution in [2.24, 2.45) is 0 Å². The van der Waals surface area contributed by atoms with Crippen molar-refractivity contribution in [2.45, 2.75) is 37.8 Å². The van der Waals surface area contributed by atoms with Crippen molar-refractivity contribution >= 4 is 5.97 Å². The van der Waals surface area contributed by atoms with Crippen molar-refractivity contribution < 1.29 is 14.6 Å². The fraction of sp³-hybridized carbons (Fsp3) is 0.917. The van der Waals surface area contributed by atoms with Gasteiger partial charge in [0, 0.05) is 19.3 Å². The van der Waals surface area contributed by atoms with Crippen LogP contribution >= 0.6 is 0 Å². The van der Waals surface area contributed by atoms with Crippen LogP contribution in [0.1, 0.15) is 26.2 Å². The lowest BCUT2D eigenvalue weighted by atomic mass is 9.89. The fourth-order valence-electron chi connectivity index (χ4n) is 2.14. The first kappa shape index (κ1) is 14.4. The molecule has 0 bridgehead atoms. The van der Waals surface area contributed by atoms with E-state index < -0.39 is 11.5 Å². The summed E-state index contributed by atoms with van der Waals surface area (Å²) in [6.45, 7) is 4.06. The van der Waals surface area contributed by atoms with E-state index in [0.29, 0.717) is 26.1 Å². The molecule has 0 spiro atoms. The van der Waals surface area contributed by atoms with Crippen LogP contribution in [0.3, 0.4) is 0 Å². The van der Waals surface area contributed by atoms with Crippen LogP contribution in [-0.4, -0.2) is 61.4 Å². The first-order chi connectivity index (χ1) is 7.96. The van der Waals surface area contributed by atoms with Gasteiger partial charge in [-0.3, -0.25) is 10.1 Å². The Bertz CT molecular complexity index is 250. The maximum atomic E-state index is 11.4. The molecule has 0 saturated carbocycles. The maximum absolute atomic E-state index is 11.4. The van der Waals surface area contributed by atoms with E-state index in [4.69, 9.17) is 4.74 Å². The molecule has 1 atom stereocenters. The van der Waals surface area contributed by atoms with Gasteiger partial charge in [-0.15, -0.1) is 0 Å². The van der Waals surface area contributed by atoms with Gasteiger partial charge in [0.05, 0.1) is 0 Å². The number of ether oxygens (including phenoxy) is 1. The molecule has 0 aliphatic carbocycles. The number of nitrogens with one attached hydrogen (secondary N) is 1. The highest BCUT2D eigenvalue weighted by molar-refractivity contribution is 5.79. The monoisotopic (exact) mass is 244 g/mol. The zero-order valence-corrected chi connectivity index (χ0v) is 11.0. The number of hydrogen-bond donors (Lipinski definition) is 2. The van der Waals surface area contributed by atoms with Crippen LogP contribution in [0.15, 0.2) is 0 Å². The smallest absolute Gasteiger partial charge is 0.324 e. The molecule has 1 saturated heterocycles. The molecule has 1 rings (SSSR count). The second kappa shape index (κ2) is 6.33. The van der Waals surface area contributed by atoms with E-state index in [1.54, 1.807) is 0 Å². The first-order valence-corrected chi connectivity index (χ1v) is 6.20. The number of aliphatic carboxylic acids is 1. The molecule has 0 radical (unpaired) electrons. The quantitative estimate of drug-likeness (QED) is 0.714. The molecule has 1 fully saturated rings. The zero-order valence-electron chi connectivity index (χ0n) is 11.0. The third-order valence-corrected chi connectivity index (χ3v) is 3.29. The fourth-order valence-corrected chi connectivity index (χ4v) is 2.14. The predicted molar refractivity (Wildman–Crippen MR) is 66.2 cm³/mol. The largest absolute Gasteiger partial charge is 0.480 e. The molecule has 0 aromatic rings. The van der Waals surface area contributed by atoms with E-state index in [2.05, 4.69) is 10.2 Å². The predicted octanol–water partition coefficient (Wildman–Crippen LogP) is 0.550. The van der Waals surface area contributed by atoms with Gasteiger partial charge in [0.25, 0.3) is 0 Å². The summed E-state index contributed by atoms with van der Waals surface area (Å²) in [5, 5.41) is 12.7. The summed E-state index contributed by atoms with van der Waals surface area (Å²) in [4.78, 5) is 13.5. The molecule has 1 aliphatic rings. The Hall–Kier alpha value is -0.650. The van der Waals surface area contributed by atoms with Gasteiger partial charge in [-0.05, 0) is 46.8 Å². The van der Waals surface area contributed by atoms with Gasteiger partial charge in [-0.1, -0.05) is 0 Å². The molecule has 100 valence electrons. The summed E-state index contributed by atoms with van der Waals surface area (Å²) in [7, 11) is 4.04. The minimum atomic E-state index is -0.788. The number of carboxylic acid groups (broad SMARTS) is 1. The third kappa shape index (κ3) is 4.26. The van der Waals surface area contributed by atoms with Crippen LogP contribution in [0.2, 0.25) is 0 Å². The topological polar surface area (TPSA) is 61.8 Å². The Morgan fingerprint density at radius 1 is 1.47 bits per heavy atom. The number of carbonyl (C=O) groups is 1. The molecule has 17 heavy (non-hydrogen) atoms. The zero-order chi connectivity index (χ0) is 12.9. The van der Waals surface area contributed by atoms with Crippen LogP contribution in [0, 0.1) is 0 Å². The number of nitrogens with zero attached hydrogens (tertiary/aromatic N) is 1. The second-order valence-electron chi connectivity index (χ2n) is 5.14.